The number of nitrogen functional groups attached to an aromatic ring is 1. The van der Waals surface area contributed by atoms with Crippen LogP contribution in [-0.2, 0) is 6.54 Å². The fraction of sp³-hybridized carbons (Fsp3) is 0.182. The highest BCUT2D eigenvalue weighted by atomic mass is 19.1. The van der Waals surface area contributed by atoms with Crippen molar-refractivity contribution in [2.24, 2.45) is 0 Å². The molecule has 0 bridgehead atoms. The van der Waals surface area contributed by atoms with Crippen molar-refractivity contribution in [1.29, 1.82) is 0 Å². The molecule has 94 valence electrons. The third-order valence-corrected chi connectivity index (χ3v) is 2.35. The first-order valence-corrected chi connectivity index (χ1v) is 5.34. The molecule has 0 aliphatic rings. The van der Waals surface area contributed by atoms with E-state index in [2.05, 4.69) is 15.4 Å². The number of hydrogen-bond donors (Lipinski definition) is 2. The van der Waals surface area contributed by atoms with E-state index in [1.54, 1.807) is 23.1 Å². The van der Waals surface area contributed by atoms with Gasteiger partial charge in [-0.25, -0.2) is 9.37 Å². The normalized spacial score (nSPS) is 10.3. The number of nitrogens with two attached hydrogens (primary N) is 1. The average Bonchev–Trinajstić information content (AvgIpc) is 2.85. The zero-order chi connectivity index (χ0) is 13.0. The van der Waals surface area contributed by atoms with Crippen LogP contribution in [-0.4, -0.2) is 27.2 Å². The van der Waals surface area contributed by atoms with E-state index >= 15 is 0 Å². The van der Waals surface area contributed by atoms with Crippen molar-refractivity contribution < 1.29 is 9.18 Å². The molecule has 2 heterocycles. The topological polar surface area (TPSA) is 85.8 Å². The summed E-state index contributed by atoms with van der Waals surface area (Å²) in [5.41, 5.74) is 5.18. The zero-order valence-electron chi connectivity index (χ0n) is 9.51. The predicted octanol–water partition coefficient (Wildman–Crippen LogP) is 0.429. The summed E-state index contributed by atoms with van der Waals surface area (Å²) in [5, 5.41) is 6.56. The van der Waals surface area contributed by atoms with Crippen LogP contribution >= 0.6 is 0 Å². The number of pyridine rings is 1. The van der Waals surface area contributed by atoms with E-state index in [0.29, 0.717) is 13.1 Å². The van der Waals surface area contributed by atoms with Crippen LogP contribution in [0.4, 0.5) is 10.2 Å². The van der Waals surface area contributed by atoms with Gasteiger partial charge in [-0.1, -0.05) is 0 Å². The molecule has 18 heavy (non-hydrogen) atoms. The third-order valence-electron chi connectivity index (χ3n) is 2.35. The van der Waals surface area contributed by atoms with Crippen LogP contribution in [0.15, 0.2) is 30.7 Å². The Bertz CT molecular complexity index is 540. The quantitative estimate of drug-likeness (QED) is 0.822. The Labute approximate surface area is 103 Å². The number of amides is 1. The van der Waals surface area contributed by atoms with Crippen LogP contribution in [0.25, 0.3) is 0 Å². The fourth-order valence-corrected chi connectivity index (χ4v) is 1.45. The number of nitrogens with zero attached hydrogens (tertiary/aromatic N) is 3. The Hall–Kier alpha value is -2.44. The van der Waals surface area contributed by atoms with Gasteiger partial charge in [0.1, 0.15) is 0 Å². The second-order valence-electron chi connectivity index (χ2n) is 3.58. The number of anilines is 1. The Morgan fingerprint density at radius 2 is 2.33 bits per heavy atom. The molecule has 3 N–H and O–H groups in total. The number of rotatable bonds is 4. The van der Waals surface area contributed by atoms with Gasteiger partial charge in [0.15, 0.2) is 11.6 Å². The molecule has 0 saturated carbocycles. The number of carbonyl (C=O) groups excluding carboxylic acids is 1. The van der Waals surface area contributed by atoms with E-state index < -0.39 is 11.7 Å². The molecule has 2 aromatic rings. The van der Waals surface area contributed by atoms with E-state index in [0.717, 1.165) is 0 Å². The summed E-state index contributed by atoms with van der Waals surface area (Å²) in [6, 6.07) is 3.07. The maximum atomic E-state index is 13.5. The first-order valence-electron chi connectivity index (χ1n) is 5.34. The highest BCUT2D eigenvalue weighted by molar-refractivity contribution is 5.95. The second kappa shape index (κ2) is 5.26. The summed E-state index contributed by atoms with van der Waals surface area (Å²) < 4.78 is 15.2. The van der Waals surface area contributed by atoms with E-state index in [9.17, 15) is 9.18 Å². The monoisotopic (exact) mass is 249 g/mol. The first-order chi connectivity index (χ1) is 8.68. The van der Waals surface area contributed by atoms with Crippen LogP contribution in [0.1, 0.15) is 10.4 Å². The van der Waals surface area contributed by atoms with Gasteiger partial charge >= 0.3 is 0 Å². The summed E-state index contributed by atoms with van der Waals surface area (Å²) in [7, 11) is 0. The van der Waals surface area contributed by atoms with Gasteiger partial charge < -0.3 is 11.1 Å². The molecular weight excluding hydrogens is 237 g/mol. The third kappa shape index (κ3) is 2.62. The number of halogens is 1. The molecule has 7 heteroatoms. The molecule has 0 saturated heterocycles. The highest BCUT2D eigenvalue weighted by Crippen LogP contribution is 2.11. The van der Waals surface area contributed by atoms with Crippen molar-refractivity contribution in [2.45, 2.75) is 6.54 Å². The molecule has 0 aliphatic heterocycles. The maximum absolute atomic E-state index is 13.5. The smallest absolute Gasteiger partial charge is 0.254 e. The Morgan fingerprint density at radius 1 is 1.50 bits per heavy atom. The molecule has 1 amide bonds. The summed E-state index contributed by atoms with van der Waals surface area (Å²) >= 11 is 0. The maximum Gasteiger partial charge on any atom is 0.254 e. The molecule has 0 aromatic carbocycles. The first kappa shape index (κ1) is 12.0. The lowest BCUT2D eigenvalue weighted by molar-refractivity contribution is 0.0948. The van der Waals surface area contributed by atoms with Crippen molar-refractivity contribution in [1.82, 2.24) is 20.1 Å². The minimum Gasteiger partial charge on any atom is -0.381 e. The lowest BCUT2D eigenvalue weighted by atomic mass is 10.2. The van der Waals surface area contributed by atoms with Crippen LogP contribution in [0.5, 0.6) is 0 Å². The van der Waals surface area contributed by atoms with Crippen LogP contribution in [0, 0.1) is 5.82 Å². The molecular formula is C11H12FN5O. The van der Waals surface area contributed by atoms with Crippen LogP contribution in [0.2, 0.25) is 0 Å². The lowest BCUT2D eigenvalue weighted by Gasteiger charge is -2.06. The molecule has 0 unspecified atom stereocenters. The minimum absolute atomic E-state index is 0.108. The van der Waals surface area contributed by atoms with Crippen molar-refractivity contribution >= 4 is 11.7 Å². The number of hydrogen-bond acceptors (Lipinski definition) is 4. The van der Waals surface area contributed by atoms with Crippen LogP contribution < -0.4 is 11.1 Å². The molecule has 0 fully saturated rings. The molecule has 0 spiro atoms. The van der Waals surface area contributed by atoms with Crippen molar-refractivity contribution in [3.8, 4) is 0 Å². The van der Waals surface area contributed by atoms with E-state index in [-0.39, 0.29) is 11.4 Å². The van der Waals surface area contributed by atoms with Crippen LogP contribution in [0.3, 0.4) is 0 Å². The fourth-order valence-electron chi connectivity index (χ4n) is 1.45. The largest absolute Gasteiger partial charge is 0.381 e. The van der Waals surface area contributed by atoms with Gasteiger partial charge in [-0.15, -0.1) is 0 Å². The Kier molecular flexibility index (Phi) is 3.52. The standard InChI is InChI=1S/C11H12FN5O/c12-9-8(2-4-14-10(9)13)11(18)15-5-7-17-6-1-3-16-17/h1-4,6H,5,7H2,(H2,13,14)(H,15,18). The van der Waals surface area contributed by atoms with Crippen molar-refractivity contribution in [3.05, 3.63) is 42.1 Å². The molecule has 2 rings (SSSR count). The minimum atomic E-state index is -0.797. The van der Waals surface area contributed by atoms with Gasteiger partial charge in [-0.2, -0.15) is 5.10 Å². The summed E-state index contributed by atoms with van der Waals surface area (Å²) in [4.78, 5) is 15.2. The van der Waals surface area contributed by atoms with Crippen molar-refractivity contribution in [2.75, 3.05) is 12.3 Å². The summed E-state index contributed by atoms with van der Waals surface area (Å²) in [6.45, 7) is 0.864. The van der Waals surface area contributed by atoms with Gasteiger partial charge in [0.25, 0.3) is 5.91 Å². The van der Waals surface area contributed by atoms with Gasteiger partial charge in [-0.05, 0) is 12.1 Å². The summed E-state index contributed by atoms with van der Waals surface area (Å²) in [6.07, 6.45) is 4.71. The van der Waals surface area contributed by atoms with Gasteiger partial charge in [-0.3, -0.25) is 9.48 Å². The second-order valence-corrected chi connectivity index (χ2v) is 3.58. The molecule has 0 atom stereocenters. The molecule has 6 nitrogen and oxygen atoms in total. The number of nitrogens with one attached hydrogen (secondary N) is 1. The van der Waals surface area contributed by atoms with E-state index in [1.165, 1.54) is 12.3 Å². The number of aromatic nitrogens is 3. The molecule has 2 aromatic heterocycles. The van der Waals surface area contributed by atoms with E-state index in [4.69, 9.17) is 5.73 Å². The van der Waals surface area contributed by atoms with Gasteiger partial charge in [0.2, 0.25) is 0 Å². The zero-order valence-corrected chi connectivity index (χ0v) is 9.51. The van der Waals surface area contributed by atoms with E-state index in [1.807, 2.05) is 0 Å². The molecule has 0 radical (unpaired) electrons. The molecule has 0 aliphatic carbocycles. The Morgan fingerprint density at radius 3 is 3.06 bits per heavy atom. The number of carbonyl (C=O) groups is 1. The van der Waals surface area contributed by atoms with Gasteiger partial charge in [0.05, 0.1) is 12.1 Å². The average molecular weight is 249 g/mol. The summed E-state index contributed by atoms with van der Waals surface area (Å²) in [5.74, 6) is -1.60. The lowest BCUT2D eigenvalue weighted by Crippen LogP contribution is -2.28. The van der Waals surface area contributed by atoms with Crippen molar-refractivity contribution in [3.63, 3.8) is 0 Å². The SMILES string of the molecule is Nc1nccc(C(=O)NCCn2cccn2)c1F. The Balaban J connectivity index is 1.93. The predicted molar refractivity (Wildman–Crippen MR) is 63.2 cm³/mol. The highest BCUT2D eigenvalue weighted by Gasteiger charge is 2.13. The van der Waals surface area contributed by atoms with Gasteiger partial charge in [0, 0.05) is 25.1 Å².